The highest BCUT2D eigenvalue weighted by molar-refractivity contribution is 7.89. The Morgan fingerprint density at radius 3 is 1.94 bits per heavy atom. The van der Waals surface area contributed by atoms with Gasteiger partial charge in [-0.25, -0.2) is 13.1 Å². The summed E-state index contributed by atoms with van der Waals surface area (Å²) in [5.41, 5.74) is 4.18. The molecule has 0 amide bonds. The predicted octanol–water partition coefficient (Wildman–Crippen LogP) is 6.50. The van der Waals surface area contributed by atoms with Crippen LogP contribution in [0.5, 0.6) is 5.75 Å². The summed E-state index contributed by atoms with van der Waals surface area (Å²) in [5, 5.41) is 1.29. The molecule has 186 valence electrons. The SMILES string of the molecule is O=S(=O)(NCCCN1c2ccc(Cl)cc2CCc2cc(Cl)ccc21)c1ccc(OC(F)(F)F)cc1. The van der Waals surface area contributed by atoms with Crippen LogP contribution in [0.15, 0.2) is 65.6 Å². The van der Waals surface area contributed by atoms with Crippen LogP contribution in [0.2, 0.25) is 10.0 Å². The molecule has 35 heavy (non-hydrogen) atoms. The number of sulfonamides is 1. The van der Waals surface area contributed by atoms with Crippen LogP contribution in [0, 0.1) is 0 Å². The van der Waals surface area contributed by atoms with Crippen molar-refractivity contribution in [2.24, 2.45) is 0 Å². The molecule has 0 radical (unpaired) electrons. The Kier molecular flexibility index (Phi) is 7.51. The van der Waals surface area contributed by atoms with Crippen LogP contribution in [0.3, 0.4) is 0 Å². The fourth-order valence-electron chi connectivity index (χ4n) is 4.02. The van der Waals surface area contributed by atoms with Gasteiger partial charge in [0, 0.05) is 34.5 Å². The summed E-state index contributed by atoms with van der Waals surface area (Å²) in [7, 11) is -3.90. The van der Waals surface area contributed by atoms with Gasteiger partial charge in [-0.05, 0) is 91.1 Å². The van der Waals surface area contributed by atoms with Crippen molar-refractivity contribution in [2.45, 2.75) is 30.5 Å². The first-order chi connectivity index (χ1) is 16.5. The molecule has 0 saturated heterocycles. The van der Waals surface area contributed by atoms with Gasteiger partial charge in [0.2, 0.25) is 10.0 Å². The van der Waals surface area contributed by atoms with Crippen LogP contribution < -0.4 is 14.4 Å². The van der Waals surface area contributed by atoms with E-state index in [0.717, 1.165) is 59.6 Å². The Morgan fingerprint density at radius 2 is 1.43 bits per heavy atom. The van der Waals surface area contributed by atoms with Crippen molar-refractivity contribution in [3.05, 3.63) is 81.8 Å². The van der Waals surface area contributed by atoms with Gasteiger partial charge in [0.15, 0.2) is 0 Å². The van der Waals surface area contributed by atoms with E-state index in [0.29, 0.717) is 23.0 Å². The summed E-state index contributed by atoms with van der Waals surface area (Å²) in [4.78, 5) is 1.98. The first-order valence-electron chi connectivity index (χ1n) is 10.7. The van der Waals surface area contributed by atoms with Gasteiger partial charge in [0.25, 0.3) is 0 Å². The van der Waals surface area contributed by atoms with Crippen molar-refractivity contribution in [1.29, 1.82) is 0 Å². The lowest BCUT2D eigenvalue weighted by atomic mass is 10.0. The van der Waals surface area contributed by atoms with Crippen molar-refractivity contribution < 1.29 is 26.3 Å². The van der Waals surface area contributed by atoms with Crippen LogP contribution in [0.25, 0.3) is 0 Å². The third kappa shape index (κ3) is 6.41. The third-order valence-electron chi connectivity index (χ3n) is 5.55. The van der Waals surface area contributed by atoms with Crippen LogP contribution in [-0.2, 0) is 22.9 Å². The number of fused-ring (bicyclic) bond motifs is 2. The second kappa shape index (κ2) is 10.3. The Labute approximate surface area is 211 Å². The lowest BCUT2D eigenvalue weighted by Gasteiger charge is -2.27. The maximum Gasteiger partial charge on any atom is 0.573 e. The van der Waals surface area contributed by atoms with Crippen LogP contribution in [0.1, 0.15) is 17.5 Å². The standard InChI is InChI=1S/C24H21Cl2F3N2O3S/c25-18-4-10-22-16(14-18)2-3-17-15-19(26)5-11-23(17)31(22)13-1-12-30-35(32,33)21-8-6-20(7-9-21)34-24(27,28)29/h4-11,14-15,30H,1-3,12-13H2. The number of benzene rings is 3. The first-order valence-corrected chi connectivity index (χ1v) is 13.0. The second-order valence-corrected chi connectivity index (χ2v) is 10.6. The van der Waals surface area contributed by atoms with Gasteiger partial charge < -0.3 is 9.64 Å². The number of hydrogen-bond acceptors (Lipinski definition) is 4. The molecular weight excluding hydrogens is 524 g/mol. The number of nitrogens with zero attached hydrogens (tertiary/aromatic N) is 1. The van der Waals surface area contributed by atoms with E-state index >= 15 is 0 Å². The number of rotatable bonds is 7. The number of alkyl halides is 3. The van der Waals surface area contributed by atoms with Gasteiger partial charge in [0.05, 0.1) is 4.90 Å². The molecule has 4 rings (SSSR count). The van der Waals surface area contributed by atoms with E-state index in [2.05, 4.69) is 14.4 Å². The average molecular weight is 545 g/mol. The zero-order valence-electron chi connectivity index (χ0n) is 18.3. The average Bonchev–Trinajstić information content (AvgIpc) is 2.92. The van der Waals surface area contributed by atoms with Crippen LogP contribution in [0.4, 0.5) is 24.5 Å². The topological polar surface area (TPSA) is 58.6 Å². The molecule has 3 aromatic carbocycles. The lowest BCUT2D eigenvalue weighted by molar-refractivity contribution is -0.274. The lowest BCUT2D eigenvalue weighted by Crippen LogP contribution is -2.28. The van der Waals surface area contributed by atoms with E-state index in [1.165, 1.54) is 0 Å². The first kappa shape index (κ1) is 25.6. The normalized spacial score (nSPS) is 13.7. The Balaban J connectivity index is 1.45. The van der Waals surface area contributed by atoms with Gasteiger partial charge in [-0.15, -0.1) is 13.2 Å². The van der Waals surface area contributed by atoms with Crippen molar-refractivity contribution in [2.75, 3.05) is 18.0 Å². The Bertz CT molecular complexity index is 1260. The Morgan fingerprint density at radius 1 is 0.886 bits per heavy atom. The molecular formula is C24H21Cl2F3N2O3S. The summed E-state index contributed by atoms with van der Waals surface area (Å²) in [6, 6.07) is 15.5. The number of hydrogen-bond donors (Lipinski definition) is 1. The fraction of sp³-hybridized carbons (Fsp3) is 0.250. The summed E-state index contributed by atoms with van der Waals surface area (Å²) >= 11 is 12.4. The van der Waals surface area contributed by atoms with E-state index in [9.17, 15) is 21.6 Å². The molecule has 0 saturated carbocycles. The van der Waals surface area contributed by atoms with Gasteiger partial charge in [0.1, 0.15) is 5.75 Å². The number of ether oxygens (including phenoxy) is 1. The number of anilines is 2. The Hall–Kier alpha value is -2.46. The minimum atomic E-state index is -4.85. The molecule has 1 aliphatic rings. The van der Waals surface area contributed by atoms with Gasteiger partial charge >= 0.3 is 6.36 Å². The molecule has 1 heterocycles. The highest BCUT2D eigenvalue weighted by atomic mass is 35.5. The molecule has 0 bridgehead atoms. The minimum Gasteiger partial charge on any atom is -0.406 e. The molecule has 1 N–H and O–H groups in total. The maximum absolute atomic E-state index is 12.6. The second-order valence-electron chi connectivity index (χ2n) is 7.97. The number of nitrogens with one attached hydrogen (secondary N) is 1. The maximum atomic E-state index is 12.6. The molecule has 0 fully saturated rings. The van der Waals surface area contributed by atoms with Crippen molar-refractivity contribution in [3.8, 4) is 5.75 Å². The zero-order valence-corrected chi connectivity index (χ0v) is 20.6. The van der Waals surface area contributed by atoms with E-state index in [-0.39, 0.29) is 11.4 Å². The van der Waals surface area contributed by atoms with E-state index in [4.69, 9.17) is 23.2 Å². The van der Waals surface area contributed by atoms with Gasteiger partial charge in [-0.2, -0.15) is 0 Å². The molecule has 0 spiro atoms. The zero-order chi connectivity index (χ0) is 25.2. The molecule has 0 aliphatic carbocycles. The molecule has 3 aromatic rings. The summed E-state index contributed by atoms with van der Waals surface area (Å²) in [6.07, 6.45) is -2.79. The van der Waals surface area contributed by atoms with Gasteiger partial charge in [-0.3, -0.25) is 0 Å². The highest BCUT2D eigenvalue weighted by Crippen LogP contribution is 2.38. The molecule has 0 atom stereocenters. The quantitative estimate of drug-likeness (QED) is 0.345. The number of aryl methyl sites for hydroxylation is 2. The van der Waals surface area contributed by atoms with Crippen LogP contribution >= 0.6 is 23.2 Å². The molecule has 11 heteroatoms. The van der Waals surface area contributed by atoms with Crippen LogP contribution in [-0.4, -0.2) is 27.9 Å². The highest BCUT2D eigenvalue weighted by Gasteiger charge is 2.31. The monoisotopic (exact) mass is 544 g/mol. The summed E-state index contributed by atoms with van der Waals surface area (Å²) in [5.74, 6) is -0.491. The molecule has 1 aliphatic heterocycles. The van der Waals surface area contributed by atoms with E-state index in [1.807, 2.05) is 36.4 Å². The summed E-state index contributed by atoms with van der Waals surface area (Å²) in [6.45, 7) is 0.648. The van der Waals surface area contributed by atoms with Crippen molar-refractivity contribution in [1.82, 2.24) is 4.72 Å². The van der Waals surface area contributed by atoms with E-state index in [1.54, 1.807) is 0 Å². The van der Waals surface area contributed by atoms with E-state index < -0.39 is 22.1 Å². The third-order valence-corrected chi connectivity index (χ3v) is 7.49. The minimum absolute atomic E-state index is 0.130. The van der Waals surface area contributed by atoms with Crippen molar-refractivity contribution in [3.63, 3.8) is 0 Å². The van der Waals surface area contributed by atoms with Crippen molar-refractivity contribution >= 4 is 44.6 Å². The predicted molar refractivity (Wildman–Crippen MR) is 130 cm³/mol. The largest absolute Gasteiger partial charge is 0.573 e. The number of halogens is 5. The smallest absolute Gasteiger partial charge is 0.406 e. The molecule has 0 unspecified atom stereocenters. The molecule has 0 aromatic heterocycles. The fourth-order valence-corrected chi connectivity index (χ4v) is 5.49. The molecule has 5 nitrogen and oxygen atoms in total. The van der Waals surface area contributed by atoms with Gasteiger partial charge in [-0.1, -0.05) is 23.2 Å². The summed E-state index contributed by atoms with van der Waals surface area (Å²) < 4.78 is 68.4.